The van der Waals surface area contributed by atoms with Gasteiger partial charge in [0.15, 0.2) is 0 Å². The Morgan fingerprint density at radius 3 is 2.82 bits per heavy atom. The second kappa shape index (κ2) is 7.94. The first-order valence-electron chi connectivity index (χ1n) is 10.3. The van der Waals surface area contributed by atoms with Gasteiger partial charge in [0.1, 0.15) is 17.0 Å². The summed E-state index contributed by atoms with van der Waals surface area (Å²) in [7, 11) is 1.74. The predicted molar refractivity (Wildman–Crippen MR) is 110 cm³/mol. The summed E-state index contributed by atoms with van der Waals surface area (Å²) in [6.07, 6.45) is 5.27. The Morgan fingerprint density at radius 1 is 1.36 bits per heavy atom. The molecule has 28 heavy (non-hydrogen) atoms. The van der Waals surface area contributed by atoms with Gasteiger partial charge in [0.05, 0.1) is 0 Å². The molecule has 1 fully saturated rings. The zero-order valence-electron chi connectivity index (χ0n) is 17.7. The number of hydrogen-bond donors (Lipinski definition) is 1. The number of hydrogen-bond acceptors (Lipinski definition) is 3. The number of pyridine rings is 1. The van der Waals surface area contributed by atoms with Gasteiger partial charge in [-0.1, -0.05) is 33.3 Å². The Bertz CT molecular complexity index is 871. The largest absolute Gasteiger partial charge is 0.350 e. The molecule has 1 aliphatic rings. The Kier molecular flexibility index (Phi) is 5.77. The van der Waals surface area contributed by atoms with Gasteiger partial charge in [-0.3, -0.25) is 14.0 Å². The molecular formula is C22H32N4O2. The maximum atomic E-state index is 12.9. The van der Waals surface area contributed by atoms with Crippen LogP contribution in [0.15, 0.2) is 24.4 Å². The monoisotopic (exact) mass is 384 g/mol. The van der Waals surface area contributed by atoms with Crippen LogP contribution in [0.2, 0.25) is 0 Å². The van der Waals surface area contributed by atoms with Crippen LogP contribution < -0.4 is 5.32 Å². The highest BCUT2D eigenvalue weighted by Gasteiger charge is 2.35. The second-order valence-electron chi connectivity index (χ2n) is 8.72. The molecule has 0 bridgehead atoms. The predicted octanol–water partition coefficient (Wildman–Crippen LogP) is 3.62. The first-order valence-corrected chi connectivity index (χ1v) is 10.3. The summed E-state index contributed by atoms with van der Waals surface area (Å²) < 4.78 is 1.71. The second-order valence-corrected chi connectivity index (χ2v) is 8.72. The van der Waals surface area contributed by atoms with Crippen LogP contribution in [0.1, 0.15) is 67.9 Å². The molecule has 3 rings (SSSR count). The lowest BCUT2D eigenvalue weighted by molar-refractivity contribution is 0.0783. The molecule has 2 atom stereocenters. The molecule has 2 unspecified atom stereocenters. The molecule has 1 saturated carbocycles. The van der Waals surface area contributed by atoms with Crippen LogP contribution in [0, 0.1) is 17.3 Å². The average Bonchev–Trinajstić information content (AvgIpc) is 3.11. The fourth-order valence-corrected chi connectivity index (χ4v) is 4.17. The number of nitrogens with one attached hydrogen (secondary N) is 1. The van der Waals surface area contributed by atoms with Crippen LogP contribution in [-0.4, -0.2) is 46.2 Å². The van der Waals surface area contributed by atoms with E-state index in [0.717, 1.165) is 6.42 Å². The molecule has 6 heteroatoms. The lowest BCUT2D eigenvalue weighted by Crippen LogP contribution is -2.40. The molecule has 1 aliphatic carbocycles. The van der Waals surface area contributed by atoms with Crippen LogP contribution in [0.4, 0.5) is 0 Å². The molecule has 0 radical (unpaired) electrons. The number of imidazole rings is 1. The van der Waals surface area contributed by atoms with Gasteiger partial charge in [-0.05, 0) is 49.1 Å². The van der Waals surface area contributed by atoms with Gasteiger partial charge in [-0.2, -0.15) is 0 Å². The van der Waals surface area contributed by atoms with Crippen molar-refractivity contribution in [2.75, 3.05) is 20.1 Å². The molecule has 0 spiro atoms. The molecule has 0 aliphatic heterocycles. The Balaban J connectivity index is 1.76. The van der Waals surface area contributed by atoms with E-state index >= 15 is 0 Å². The minimum atomic E-state index is -0.143. The summed E-state index contributed by atoms with van der Waals surface area (Å²) >= 11 is 0. The summed E-state index contributed by atoms with van der Waals surface area (Å²) in [6.45, 7) is 10.1. The number of fused-ring (bicyclic) bond motifs is 1. The maximum Gasteiger partial charge on any atom is 0.273 e. The number of nitrogens with zero attached hydrogens (tertiary/aromatic N) is 3. The Hall–Kier alpha value is -2.37. The number of carbonyl (C=O) groups excluding carboxylic acids is 2. The number of rotatable bonds is 5. The normalized spacial score (nSPS) is 21.5. The first kappa shape index (κ1) is 20.4. The fraction of sp³-hybridized carbons (Fsp3) is 0.591. The topological polar surface area (TPSA) is 66.7 Å². The van der Waals surface area contributed by atoms with E-state index in [1.165, 1.54) is 12.8 Å². The molecule has 0 saturated heterocycles. The highest BCUT2D eigenvalue weighted by Crippen LogP contribution is 2.43. The molecular weight excluding hydrogens is 352 g/mol. The van der Waals surface area contributed by atoms with E-state index in [9.17, 15) is 9.59 Å². The Morgan fingerprint density at radius 2 is 2.11 bits per heavy atom. The zero-order chi connectivity index (χ0) is 20.5. The van der Waals surface area contributed by atoms with Crippen LogP contribution >= 0.6 is 0 Å². The molecule has 6 nitrogen and oxygen atoms in total. The minimum Gasteiger partial charge on any atom is -0.350 e. The van der Waals surface area contributed by atoms with E-state index in [4.69, 9.17) is 0 Å². The van der Waals surface area contributed by atoms with Crippen molar-refractivity contribution in [2.24, 2.45) is 17.3 Å². The van der Waals surface area contributed by atoms with Crippen molar-refractivity contribution in [3.8, 4) is 0 Å². The third-order valence-electron chi connectivity index (χ3n) is 6.63. The van der Waals surface area contributed by atoms with E-state index < -0.39 is 0 Å². The number of aromatic nitrogens is 2. The van der Waals surface area contributed by atoms with Gasteiger partial charge >= 0.3 is 0 Å². The first-order chi connectivity index (χ1) is 13.2. The van der Waals surface area contributed by atoms with Crippen molar-refractivity contribution in [3.63, 3.8) is 0 Å². The third kappa shape index (κ3) is 3.91. The van der Waals surface area contributed by atoms with Crippen molar-refractivity contribution < 1.29 is 9.59 Å². The SMILES string of the molecule is CCN(C)C(=O)c1cn2c(C(=O)NCC3CCCC(C)(C)C3C)cccc2n1. The summed E-state index contributed by atoms with van der Waals surface area (Å²) in [5.41, 5.74) is 1.78. The van der Waals surface area contributed by atoms with Crippen LogP contribution in [-0.2, 0) is 0 Å². The summed E-state index contributed by atoms with van der Waals surface area (Å²) in [5, 5.41) is 3.12. The summed E-state index contributed by atoms with van der Waals surface area (Å²) in [6, 6.07) is 5.39. The van der Waals surface area contributed by atoms with Crippen molar-refractivity contribution in [1.29, 1.82) is 0 Å². The van der Waals surface area contributed by atoms with E-state index in [-0.39, 0.29) is 11.8 Å². The van der Waals surface area contributed by atoms with E-state index in [2.05, 4.69) is 31.1 Å². The van der Waals surface area contributed by atoms with Crippen LogP contribution in [0.3, 0.4) is 0 Å². The van der Waals surface area contributed by atoms with Crippen molar-refractivity contribution >= 4 is 17.5 Å². The minimum absolute atomic E-state index is 0.124. The molecule has 152 valence electrons. The molecule has 2 aromatic rings. The van der Waals surface area contributed by atoms with Gasteiger partial charge in [-0.15, -0.1) is 0 Å². The lowest BCUT2D eigenvalue weighted by atomic mass is 9.64. The van der Waals surface area contributed by atoms with Gasteiger partial charge in [-0.25, -0.2) is 4.98 Å². The standard InChI is InChI=1S/C22H32N4O2/c1-6-25(5)21(28)17-14-26-18(10-7-11-19(26)24-17)20(27)23-13-16-9-8-12-22(3,4)15(16)2/h7,10-11,14-16H,6,8-9,12-13H2,1-5H3,(H,23,27). The molecule has 1 N–H and O–H groups in total. The van der Waals surface area contributed by atoms with Gasteiger partial charge in [0.25, 0.3) is 11.8 Å². The lowest BCUT2D eigenvalue weighted by Gasteiger charge is -2.42. The highest BCUT2D eigenvalue weighted by molar-refractivity contribution is 5.95. The molecule has 0 aromatic carbocycles. The van der Waals surface area contributed by atoms with Gasteiger partial charge in [0, 0.05) is 26.3 Å². The maximum absolute atomic E-state index is 12.9. The molecule has 2 heterocycles. The highest BCUT2D eigenvalue weighted by atomic mass is 16.2. The van der Waals surface area contributed by atoms with E-state index in [0.29, 0.717) is 47.4 Å². The van der Waals surface area contributed by atoms with Crippen LogP contribution in [0.5, 0.6) is 0 Å². The van der Waals surface area contributed by atoms with Gasteiger partial charge < -0.3 is 10.2 Å². The van der Waals surface area contributed by atoms with Crippen molar-refractivity contribution in [1.82, 2.24) is 19.6 Å². The molecule has 2 amide bonds. The van der Waals surface area contributed by atoms with E-state index in [1.807, 2.05) is 13.0 Å². The smallest absolute Gasteiger partial charge is 0.273 e. The van der Waals surface area contributed by atoms with Crippen molar-refractivity contribution in [3.05, 3.63) is 35.8 Å². The molecule has 2 aromatic heterocycles. The summed E-state index contributed by atoms with van der Waals surface area (Å²) in [4.78, 5) is 31.3. The summed E-state index contributed by atoms with van der Waals surface area (Å²) in [5.74, 6) is 0.793. The van der Waals surface area contributed by atoms with Gasteiger partial charge in [0.2, 0.25) is 0 Å². The van der Waals surface area contributed by atoms with Crippen molar-refractivity contribution in [2.45, 2.75) is 47.0 Å². The number of carbonyl (C=O) groups is 2. The third-order valence-corrected chi connectivity index (χ3v) is 6.63. The Labute approximate surface area is 167 Å². The number of amides is 2. The van der Waals surface area contributed by atoms with Crippen LogP contribution in [0.25, 0.3) is 5.65 Å². The quantitative estimate of drug-likeness (QED) is 0.856. The average molecular weight is 385 g/mol. The fourth-order valence-electron chi connectivity index (χ4n) is 4.17. The zero-order valence-corrected chi connectivity index (χ0v) is 17.7. The van der Waals surface area contributed by atoms with E-state index in [1.54, 1.807) is 34.7 Å².